The highest BCUT2D eigenvalue weighted by Gasteiger charge is 2.35. The molecule has 132 valence electrons. The van der Waals surface area contributed by atoms with Crippen molar-refractivity contribution in [3.8, 4) is 5.69 Å². The van der Waals surface area contributed by atoms with Crippen molar-refractivity contribution in [1.82, 2.24) is 13.9 Å². The lowest BCUT2D eigenvalue weighted by Gasteiger charge is -2.12. The fourth-order valence-corrected chi connectivity index (χ4v) is 4.14. The lowest BCUT2D eigenvalue weighted by Crippen LogP contribution is -2.38. The molecule has 1 N–H and O–H groups in total. The second kappa shape index (κ2) is 6.36. The molecule has 0 aliphatic carbocycles. The van der Waals surface area contributed by atoms with Gasteiger partial charge in [-0.3, -0.25) is 4.79 Å². The summed E-state index contributed by atoms with van der Waals surface area (Å²) in [4.78, 5) is 26.2. The van der Waals surface area contributed by atoms with E-state index in [2.05, 4.69) is 36.2 Å². The van der Waals surface area contributed by atoms with E-state index in [1.165, 1.54) is 17.6 Å². The summed E-state index contributed by atoms with van der Waals surface area (Å²) in [6.07, 6.45) is -4.81. The molecule has 1 aromatic carbocycles. The van der Waals surface area contributed by atoms with Gasteiger partial charge in [-0.05, 0) is 36.7 Å². The first-order valence-electron chi connectivity index (χ1n) is 6.72. The highest BCUT2D eigenvalue weighted by atomic mass is 79.9. The van der Waals surface area contributed by atoms with E-state index >= 15 is 0 Å². The van der Waals surface area contributed by atoms with Gasteiger partial charge in [0.25, 0.3) is 5.56 Å². The van der Waals surface area contributed by atoms with Gasteiger partial charge in [0.05, 0.1) is 16.1 Å². The zero-order chi connectivity index (χ0) is 18.5. The van der Waals surface area contributed by atoms with Crippen molar-refractivity contribution in [2.75, 3.05) is 0 Å². The van der Waals surface area contributed by atoms with Crippen molar-refractivity contribution >= 4 is 53.5 Å². The van der Waals surface area contributed by atoms with Gasteiger partial charge in [-0.1, -0.05) is 31.9 Å². The van der Waals surface area contributed by atoms with Crippen molar-refractivity contribution < 1.29 is 13.2 Å². The normalized spacial score (nSPS) is 12.3. The van der Waals surface area contributed by atoms with Crippen LogP contribution in [0.1, 0.15) is 20.7 Å². The minimum Gasteiger partial charge on any atom is -0.302 e. The molecule has 0 saturated heterocycles. The van der Waals surface area contributed by atoms with E-state index in [9.17, 15) is 22.8 Å². The van der Waals surface area contributed by atoms with Gasteiger partial charge in [0.1, 0.15) is 9.43 Å². The summed E-state index contributed by atoms with van der Waals surface area (Å²) in [5.41, 5.74) is -3.27. The monoisotopic (exact) mass is 497 g/mol. The molecule has 0 unspecified atom stereocenters. The van der Waals surface area contributed by atoms with Crippen LogP contribution in [0.25, 0.3) is 15.8 Å². The zero-order valence-electron chi connectivity index (χ0n) is 12.3. The minimum atomic E-state index is -4.81. The quantitative estimate of drug-likeness (QED) is 0.537. The van der Waals surface area contributed by atoms with Gasteiger partial charge in [-0.15, -0.1) is 0 Å². The lowest BCUT2D eigenvalue weighted by molar-refractivity contribution is -0.142. The second-order valence-electron chi connectivity index (χ2n) is 5.12. The van der Waals surface area contributed by atoms with Gasteiger partial charge in [0.15, 0.2) is 0 Å². The third-order valence-electron chi connectivity index (χ3n) is 3.56. The van der Waals surface area contributed by atoms with Crippen molar-refractivity contribution in [2.45, 2.75) is 16.8 Å². The van der Waals surface area contributed by atoms with E-state index in [0.717, 1.165) is 11.6 Å². The summed E-state index contributed by atoms with van der Waals surface area (Å²) in [7, 11) is 0. The average Bonchev–Trinajstić information content (AvgIpc) is 2.93. The van der Waals surface area contributed by atoms with Crippen molar-refractivity contribution in [1.29, 1.82) is 0 Å². The van der Waals surface area contributed by atoms with Crippen LogP contribution >= 0.6 is 43.4 Å². The zero-order valence-corrected chi connectivity index (χ0v) is 16.3. The Morgan fingerprint density at radius 3 is 2.56 bits per heavy atom. The highest BCUT2D eigenvalue weighted by Crippen LogP contribution is 2.36. The van der Waals surface area contributed by atoms with E-state index in [1.54, 1.807) is 17.1 Å². The summed E-state index contributed by atoms with van der Waals surface area (Å²) in [6.45, 7) is 1.03. The van der Waals surface area contributed by atoms with Crippen LogP contribution in [0.4, 0.5) is 13.2 Å². The number of nitrogens with zero attached hydrogens (tertiary/aromatic N) is 2. The molecule has 0 radical (unpaired) electrons. The Morgan fingerprint density at radius 2 is 1.96 bits per heavy atom. The molecular formula is C14H8Br2F3N3O2S. The molecule has 0 bridgehead atoms. The first kappa shape index (κ1) is 18.3. The van der Waals surface area contributed by atoms with Gasteiger partial charge < -0.3 is 4.98 Å². The topological polar surface area (TPSA) is 67.8 Å². The Hall–Kier alpha value is -1.46. The van der Waals surface area contributed by atoms with Crippen LogP contribution in [0.2, 0.25) is 0 Å². The number of halogens is 5. The average molecular weight is 499 g/mol. The fraction of sp³-hybridized carbons (Fsp3) is 0.214. The molecule has 25 heavy (non-hydrogen) atoms. The maximum atomic E-state index is 12.9. The molecule has 0 spiro atoms. The van der Waals surface area contributed by atoms with Gasteiger partial charge in [-0.25, -0.2) is 9.36 Å². The number of rotatable bonds is 2. The fourth-order valence-electron chi connectivity index (χ4n) is 2.38. The van der Waals surface area contributed by atoms with Crippen LogP contribution in [0.15, 0.2) is 27.8 Å². The van der Waals surface area contributed by atoms with Gasteiger partial charge in [0.2, 0.25) is 0 Å². The number of fused-ring (bicyclic) bond motifs is 1. The molecule has 3 rings (SSSR count). The van der Waals surface area contributed by atoms with Crippen molar-refractivity contribution in [3.05, 3.63) is 56.0 Å². The molecule has 0 aliphatic rings. The largest absolute Gasteiger partial charge is 0.431 e. The summed E-state index contributed by atoms with van der Waals surface area (Å²) < 4.78 is 44.3. The Labute approximate surface area is 158 Å². The molecule has 2 heterocycles. The minimum absolute atomic E-state index is 0.165. The van der Waals surface area contributed by atoms with Crippen LogP contribution < -0.4 is 11.2 Å². The Morgan fingerprint density at radius 1 is 1.28 bits per heavy atom. The summed E-state index contributed by atoms with van der Waals surface area (Å²) in [5, 5.41) is 0.685. The molecule has 0 saturated carbocycles. The maximum absolute atomic E-state index is 12.9. The van der Waals surface area contributed by atoms with Crippen molar-refractivity contribution in [2.24, 2.45) is 0 Å². The number of benzene rings is 1. The second-order valence-corrected chi connectivity index (χ2v) is 8.98. The maximum Gasteiger partial charge on any atom is 0.431 e. The van der Waals surface area contributed by atoms with Crippen LogP contribution in [-0.4, -0.2) is 13.9 Å². The van der Waals surface area contributed by atoms with Crippen LogP contribution in [0.3, 0.4) is 0 Å². The predicted molar refractivity (Wildman–Crippen MR) is 96.2 cm³/mol. The van der Waals surface area contributed by atoms with E-state index in [1.807, 2.05) is 0 Å². The molecular weight excluding hydrogens is 491 g/mol. The number of nitrogens with one attached hydrogen (secondary N) is 1. The molecule has 2 aromatic heterocycles. The molecule has 3 aromatic rings. The number of hydrogen-bond donors (Lipinski definition) is 1. The molecule has 0 fully saturated rings. The number of alkyl halides is 5. The molecule has 0 atom stereocenters. The van der Waals surface area contributed by atoms with Crippen LogP contribution in [0.5, 0.6) is 0 Å². The van der Waals surface area contributed by atoms with Crippen LogP contribution in [0, 0.1) is 6.92 Å². The summed E-state index contributed by atoms with van der Waals surface area (Å²) in [6, 6.07) is 4.70. The lowest BCUT2D eigenvalue weighted by atomic mass is 10.2. The summed E-state index contributed by atoms with van der Waals surface area (Å²) in [5.74, 6) is 0. The Bertz CT molecular complexity index is 1090. The Balaban J connectivity index is 2.29. The van der Waals surface area contributed by atoms with Crippen LogP contribution in [-0.2, 0) is 6.18 Å². The van der Waals surface area contributed by atoms with Gasteiger partial charge >= 0.3 is 11.9 Å². The van der Waals surface area contributed by atoms with E-state index in [0.29, 0.717) is 15.6 Å². The SMILES string of the molecule is Cc1c(C(F)(F)F)[nH]c(=O)n(-c2ccc3snc(C(Br)Br)c3c2)c1=O. The Kier molecular flexibility index (Phi) is 4.67. The van der Waals surface area contributed by atoms with E-state index < -0.39 is 28.7 Å². The summed E-state index contributed by atoms with van der Waals surface area (Å²) >= 11 is 7.90. The highest BCUT2D eigenvalue weighted by molar-refractivity contribution is 9.24. The van der Waals surface area contributed by atoms with E-state index in [-0.39, 0.29) is 9.42 Å². The third-order valence-corrected chi connectivity index (χ3v) is 5.27. The predicted octanol–water partition coefficient (Wildman–Crippen LogP) is 4.25. The number of aromatic amines is 1. The standard InChI is InChI=1S/C14H8Br2F3N3O2S/c1-5-10(14(17,18)19)20-13(24)22(12(5)23)6-2-3-8-7(4-6)9(11(15)16)21-25-8/h2-4,11H,1H3,(H,20,24). The smallest absolute Gasteiger partial charge is 0.302 e. The first-order chi connectivity index (χ1) is 11.6. The van der Waals surface area contributed by atoms with Gasteiger partial charge in [-0.2, -0.15) is 17.5 Å². The number of hydrogen-bond acceptors (Lipinski definition) is 4. The third kappa shape index (κ3) is 3.20. The van der Waals surface area contributed by atoms with E-state index in [4.69, 9.17) is 0 Å². The molecule has 11 heteroatoms. The molecule has 5 nitrogen and oxygen atoms in total. The number of H-pyrrole nitrogens is 1. The van der Waals surface area contributed by atoms with Gasteiger partial charge in [0, 0.05) is 10.9 Å². The number of aromatic nitrogens is 3. The van der Waals surface area contributed by atoms with Crippen molar-refractivity contribution in [3.63, 3.8) is 0 Å². The molecule has 0 aliphatic heterocycles. The molecule has 0 amide bonds. The first-order valence-corrected chi connectivity index (χ1v) is 9.32.